The number of imide groups is 1. The molecular formula is C21H18N2O3S. The van der Waals surface area contributed by atoms with Crippen LogP contribution in [0.5, 0.6) is 0 Å². The molecule has 5 nitrogen and oxygen atoms in total. The van der Waals surface area contributed by atoms with E-state index in [2.05, 4.69) is 29.4 Å². The van der Waals surface area contributed by atoms with Gasteiger partial charge in [0.25, 0.3) is 11.8 Å². The van der Waals surface area contributed by atoms with Gasteiger partial charge in [0, 0.05) is 4.90 Å². The van der Waals surface area contributed by atoms with E-state index in [0.717, 1.165) is 21.4 Å². The van der Waals surface area contributed by atoms with Crippen molar-refractivity contribution < 1.29 is 14.0 Å². The van der Waals surface area contributed by atoms with Crippen LogP contribution >= 0.6 is 11.8 Å². The third-order valence-corrected chi connectivity index (χ3v) is 6.52. The molecule has 3 aliphatic rings. The van der Waals surface area contributed by atoms with E-state index >= 15 is 0 Å². The van der Waals surface area contributed by atoms with Crippen molar-refractivity contribution in [2.75, 3.05) is 0 Å². The third kappa shape index (κ3) is 2.75. The lowest BCUT2D eigenvalue weighted by molar-refractivity contribution is -0.140. The molecule has 0 radical (unpaired) electrons. The van der Waals surface area contributed by atoms with E-state index in [1.54, 1.807) is 6.07 Å². The van der Waals surface area contributed by atoms with Crippen molar-refractivity contribution in [3.05, 3.63) is 59.9 Å². The van der Waals surface area contributed by atoms with Crippen molar-refractivity contribution in [1.82, 2.24) is 5.01 Å². The zero-order valence-electron chi connectivity index (χ0n) is 14.7. The van der Waals surface area contributed by atoms with Crippen molar-refractivity contribution in [3.8, 4) is 0 Å². The molecule has 5 rings (SSSR count). The molecule has 4 unspecified atom stereocenters. The summed E-state index contributed by atoms with van der Waals surface area (Å²) in [5.74, 6) is 0.0829. The Morgan fingerprint density at radius 1 is 1.04 bits per heavy atom. The number of carbonyl (C=O) groups is 2. The highest BCUT2D eigenvalue weighted by molar-refractivity contribution is 7.99. The van der Waals surface area contributed by atoms with E-state index in [1.807, 2.05) is 25.1 Å². The Bertz CT molecular complexity index is 946. The lowest BCUT2D eigenvalue weighted by Crippen LogP contribution is -2.28. The highest BCUT2D eigenvalue weighted by atomic mass is 32.2. The predicted molar refractivity (Wildman–Crippen MR) is 101 cm³/mol. The molecular weight excluding hydrogens is 360 g/mol. The third-order valence-electron chi connectivity index (χ3n) is 5.59. The van der Waals surface area contributed by atoms with Gasteiger partial charge < -0.3 is 4.42 Å². The van der Waals surface area contributed by atoms with Gasteiger partial charge in [-0.25, -0.2) is 0 Å². The molecule has 1 aromatic heterocycles. The van der Waals surface area contributed by atoms with Crippen LogP contribution in [-0.4, -0.2) is 23.0 Å². The van der Waals surface area contributed by atoms with Gasteiger partial charge in [0.05, 0.1) is 18.1 Å². The van der Waals surface area contributed by atoms with E-state index in [4.69, 9.17) is 4.42 Å². The number of rotatable bonds is 4. The molecule has 1 saturated carbocycles. The maximum atomic E-state index is 12.6. The second-order valence-electron chi connectivity index (χ2n) is 7.30. The van der Waals surface area contributed by atoms with Crippen molar-refractivity contribution in [2.24, 2.45) is 28.8 Å². The minimum atomic E-state index is -0.228. The number of hydrogen-bond donors (Lipinski definition) is 0. The number of nitrogens with zero attached hydrogens (tertiary/aromatic N) is 2. The van der Waals surface area contributed by atoms with Crippen molar-refractivity contribution >= 4 is 29.8 Å². The summed E-state index contributed by atoms with van der Waals surface area (Å²) in [5, 5.41) is 5.92. The van der Waals surface area contributed by atoms with E-state index in [0.29, 0.717) is 5.76 Å². The number of fused-ring (bicyclic) bond motifs is 5. The molecule has 4 atom stereocenters. The van der Waals surface area contributed by atoms with Crippen LogP contribution in [-0.2, 0) is 9.59 Å². The van der Waals surface area contributed by atoms with Gasteiger partial charge in [0.15, 0.2) is 5.09 Å². The first kappa shape index (κ1) is 16.6. The molecule has 2 amide bonds. The fraction of sp³-hybridized carbons (Fsp3) is 0.286. The summed E-state index contributed by atoms with van der Waals surface area (Å²) in [6.45, 7) is 2.05. The SMILES string of the molecule is Cc1ccc(Sc2ccc(C=NN3C(=O)C4C5C=CC(C5)C4C3=O)o2)cc1. The molecule has 2 aromatic rings. The molecule has 1 aromatic carbocycles. The fourth-order valence-corrected chi connectivity index (χ4v) is 5.07. The largest absolute Gasteiger partial charge is 0.448 e. The monoisotopic (exact) mass is 378 g/mol. The average molecular weight is 378 g/mol. The van der Waals surface area contributed by atoms with E-state index in [9.17, 15) is 9.59 Å². The molecule has 1 aliphatic heterocycles. The van der Waals surface area contributed by atoms with E-state index in [1.165, 1.54) is 23.5 Å². The fourth-order valence-electron chi connectivity index (χ4n) is 4.30. The van der Waals surface area contributed by atoms with Gasteiger partial charge in [-0.1, -0.05) is 41.6 Å². The first-order valence-corrected chi connectivity index (χ1v) is 9.86. The van der Waals surface area contributed by atoms with E-state index in [-0.39, 0.29) is 35.5 Å². The highest BCUT2D eigenvalue weighted by Crippen LogP contribution is 2.52. The standard InChI is InChI=1S/C21H18N2O3S/c1-12-2-7-16(8-3-12)27-17-9-6-15(26-17)11-22-23-20(24)18-13-4-5-14(10-13)19(18)21(23)25/h2-9,11,13-14,18-19H,10H2,1H3. The Morgan fingerprint density at radius 3 is 2.37 bits per heavy atom. The molecule has 27 heavy (non-hydrogen) atoms. The molecule has 2 fully saturated rings. The van der Waals surface area contributed by atoms with Crippen LogP contribution in [0.25, 0.3) is 0 Å². The van der Waals surface area contributed by atoms with Crippen LogP contribution in [0.15, 0.2) is 68.1 Å². The number of allylic oxidation sites excluding steroid dienone is 2. The molecule has 0 N–H and O–H groups in total. The minimum Gasteiger partial charge on any atom is -0.448 e. The molecule has 6 heteroatoms. The summed E-state index contributed by atoms with van der Waals surface area (Å²) >= 11 is 1.51. The summed E-state index contributed by atoms with van der Waals surface area (Å²) in [5.41, 5.74) is 1.21. The van der Waals surface area contributed by atoms with Crippen molar-refractivity contribution in [3.63, 3.8) is 0 Å². The maximum absolute atomic E-state index is 12.6. The zero-order valence-corrected chi connectivity index (χ0v) is 15.6. The Kier molecular flexibility index (Phi) is 3.82. The van der Waals surface area contributed by atoms with Crippen molar-refractivity contribution in [2.45, 2.75) is 23.3 Å². The molecule has 136 valence electrons. The average Bonchev–Trinajstić information content (AvgIpc) is 3.42. The predicted octanol–water partition coefficient (Wildman–Crippen LogP) is 3.88. The Balaban J connectivity index is 1.29. The Hall–Kier alpha value is -2.60. The van der Waals surface area contributed by atoms with Gasteiger partial charge in [-0.3, -0.25) is 9.59 Å². The van der Waals surface area contributed by atoms with Crippen LogP contribution in [0.2, 0.25) is 0 Å². The number of hydrazone groups is 1. The highest BCUT2D eigenvalue weighted by Gasteiger charge is 2.59. The summed E-state index contributed by atoms with van der Waals surface area (Å²) < 4.78 is 5.75. The first-order chi connectivity index (χ1) is 13.1. The number of benzene rings is 1. The first-order valence-electron chi connectivity index (χ1n) is 9.04. The number of aryl methyl sites for hydroxylation is 1. The Morgan fingerprint density at radius 2 is 1.70 bits per heavy atom. The summed E-state index contributed by atoms with van der Waals surface area (Å²) in [7, 11) is 0. The number of carbonyl (C=O) groups excluding carboxylic acids is 2. The van der Waals surface area contributed by atoms with Crippen LogP contribution in [0.1, 0.15) is 17.7 Å². The van der Waals surface area contributed by atoms with E-state index < -0.39 is 0 Å². The molecule has 1 saturated heterocycles. The number of hydrogen-bond acceptors (Lipinski definition) is 5. The minimum absolute atomic E-state index is 0.182. The van der Waals surface area contributed by atoms with Gasteiger partial charge in [0.1, 0.15) is 5.76 Å². The maximum Gasteiger partial charge on any atom is 0.254 e. The topological polar surface area (TPSA) is 62.9 Å². The summed E-state index contributed by atoms with van der Waals surface area (Å²) in [6.07, 6.45) is 6.52. The van der Waals surface area contributed by atoms with Crippen LogP contribution < -0.4 is 0 Å². The normalized spacial score (nSPS) is 28.7. The van der Waals surface area contributed by atoms with Gasteiger partial charge in [-0.15, -0.1) is 0 Å². The number of amides is 2. The molecule has 2 aliphatic carbocycles. The molecule has 2 heterocycles. The van der Waals surface area contributed by atoms with Crippen LogP contribution in [0.4, 0.5) is 0 Å². The summed E-state index contributed by atoms with van der Waals surface area (Å²) in [6, 6.07) is 11.8. The zero-order chi connectivity index (χ0) is 18.5. The lowest BCUT2D eigenvalue weighted by Gasteiger charge is -2.13. The lowest BCUT2D eigenvalue weighted by atomic mass is 9.85. The second kappa shape index (κ2) is 6.23. The van der Waals surface area contributed by atoms with Gasteiger partial charge in [-0.05, 0) is 49.4 Å². The van der Waals surface area contributed by atoms with Gasteiger partial charge in [-0.2, -0.15) is 10.1 Å². The van der Waals surface area contributed by atoms with Crippen molar-refractivity contribution in [1.29, 1.82) is 0 Å². The summed E-state index contributed by atoms with van der Waals surface area (Å²) in [4.78, 5) is 26.3. The smallest absolute Gasteiger partial charge is 0.254 e. The second-order valence-corrected chi connectivity index (χ2v) is 8.38. The van der Waals surface area contributed by atoms with Gasteiger partial charge >= 0.3 is 0 Å². The quantitative estimate of drug-likeness (QED) is 0.460. The van der Waals surface area contributed by atoms with Crippen LogP contribution in [0, 0.1) is 30.6 Å². The Labute approximate surface area is 161 Å². The van der Waals surface area contributed by atoms with Gasteiger partial charge in [0.2, 0.25) is 0 Å². The molecule has 2 bridgehead atoms. The number of furan rings is 1. The molecule has 0 spiro atoms. The van der Waals surface area contributed by atoms with Crippen LogP contribution in [0.3, 0.4) is 0 Å².